The van der Waals surface area contributed by atoms with Gasteiger partial charge < -0.3 is 9.73 Å². The summed E-state index contributed by atoms with van der Waals surface area (Å²) in [6.07, 6.45) is 0. The van der Waals surface area contributed by atoms with Crippen molar-refractivity contribution in [3.8, 4) is 0 Å². The van der Waals surface area contributed by atoms with E-state index in [-0.39, 0.29) is 10.8 Å². The molecule has 1 amide bonds. The number of hydrogen-bond donors (Lipinski definition) is 1. The van der Waals surface area contributed by atoms with Crippen LogP contribution in [0, 0.1) is 12.7 Å². The van der Waals surface area contributed by atoms with E-state index in [0.717, 1.165) is 21.9 Å². The summed E-state index contributed by atoms with van der Waals surface area (Å²) in [6.45, 7) is 1.99. The van der Waals surface area contributed by atoms with Gasteiger partial charge in [0.1, 0.15) is 5.82 Å². The highest BCUT2D eigenvalue weighted by molar-refractivity contribution is 6.31. The first-order valence-corrected chi connectivity index (χ1v) is 7.95. The van der Waals surface area contributed by atoms with Crippen molar-refractivity contribution in [1.82, 2.24) is 4.98 Å². The van der Waals surface area contributed by atoms with Crippen LogP contribution in [0.2, 0.25) is 5.02 Å². The molecule has 2 aromatic carbocycles. The van der Waals surface area contributed by atoms with Crippen molar-refractivity contribution >= 4 is 45.2 Å². The number of halogens is 2. The maximum Gasteiger partial charge on any atom is 0.291 e. The number of benzene rings is 2. The van der Waals surface area contributed by atoms with E-state index in [1.54, 1.807) is 6.07 Å². The molecule has 0 fully saturated rings. The van der Waals surface area contributed by atoms with Crippen molar-refractivity contribution in [3.05, 3.63) is 70.7 Å². The number of carbonyl (C=O) groups excluding carboxylic acids is 1. The molecule has 0 aliphatic carbocycles. The summed E-state index contributed by atoms with van der Waals surface area (Å²) in [5, 5.41) is 4.27. The number of hydrogen-bond acceptors (Lipinski definition) is 3. The van der Waals surface area contributed by atoms with Gasteiger partial charge in [-0.05, 0) is 48.9 Å². The Kier molecular flexibility index (Phi) is 3.66. The monoisotopic (exact) mass is 354 g/mol. The van der Waals surface area contributed by atoms with Crippen LogP contribution in [0.3, 0.4) is 0 Å². The number of aromatic nitrogens is 1. The van der Waals surface area contributed by atoms with E-state index in [1.807, 2.05) is 31.2 Å². The Morgan fingerprint density at radius 3 is 2.76 bits per heavy atom. The zero-order valence-electron chi connectivity index (χ0n) is 13.1. The quantitative estimate of drug-likeness (QED) is 0.529. The fraction of sp³-hybridized carbons (Fsp3) is 0.0526. The topological polar surface area (TPSA) is 55.1 Å². The number of rotatable bonds is 2. The van der Waals surface area contributed by atoms with Gasteiger partial charge in [0.15, 0.2) is 5.76 Å². The summed E-state index contributed by atoms with van der Waals surface area (Å²) in [5.41, 5.74) is 2.67. The van der Waals surface area contributed by atoms with Gasteiger partial charge in [-0.1, -0.05) is 23.7 Å². The zero-order valence-corrected chi connectivity index (χ0v) is 13.9. The second-order valence-electron chi connectivity index (χ2n) is 5.77. The summed E-state index contributed by atoms with van der Waals surface area (Å²) in [7, 11) is 0. The first kappa shape index (κ1) is 15.6. The van der Waals surface area contributed by atoms with Crippen molar-refractivity contribution in [2.45, 2.75) is 6.92 Å². The number of anilines is 1. The molecule has 25 heavy (non-hydrogen) atoms. The van der Waals surface area contributed by atoms with Crippen LogP contribution in [0.4, 0.5) is 10.1 Å². The van der Waals surface area contributed by atoms with Gasteiger partial charge in [0.05, 0.1) is 10.5 Å². The number of furan rings is 1. The number of nitrogens with one attached hydrogen (secondary N) is 1. The zero-order chi connectivity index (χ0) is 17.6. The lowest BCUT2D eigenvalue weighted by Crippen LogP contribution is -2.10. The molecule has 0 spiro atoms. The third-order valence-corrected chi connectivity index (χ3v) is 4.15. The Morgan fingerprint density at radius 1 is 1.12 bits per heavy atom. The van der Waals surface area contributed by atoms with Crippen LogP contribution in [0.15, 0.2) is 52.9 Å². The Labute approximate surface area is 147 Å². The Balaban J connectivity index is 1.69. The van der Waals surface area contributed by atoms with Gasteiger partial charge in [0, 0.05) is 16.5 Å². The Hall–Kier alpha value is -2.92. The highest BCUT2D eigenvalue weighted by Gasteiger charge is 2.15. The maximum absolute atomic E-state index is 13.2. The first-order valence-electron chi connectivity index (χ1n) is 7.57. The number of fused-ring (bicyclic) bond motifs is 2. The summed E-state index contributed by atoms with van der Waals surface area (Å²) in [4.78, 5) is 16.8. The molecule has 124 valence electrons. The fourth-order valence-electron chi connectivity index (χ4n) is 2.61. The third kappa shape index (κ3) is 2.94. The number of amides is 1. The van der Waals surface area contributed by atoms with Crippen molar-refractivity contribution in [2.24, 2.45) is 0 Å². The first-order chi connectivity index (χ1) is 12.0. The van der Waals surface area contributed by atoms with E-state index < -0.39 is 11.7 Å². The smallest absolute Gasteiger partial charge is 0.291 e. The lowest BCUT2D eigenvalue weighted by atomic mass is 10.1. The van der Waals surface area contributed by atoms with Gasteiger partial charge in [-0.3, -0.25) is 4.79 Å². The van der Waals surface area contributed by atoms with Gasteiger partial charge in [-0.2, -0.15) is 0 Å². The predicted molar refractivity (Wildman–Crippen MR) is 95.6 cm³/mol. The summed E-state index contributed by atoms with van der Waals surface area (Å²) in [5.74, 6) is -0.884. The molecule has 0 aliphatic heterocycles. The SMILES string of the molecule is Cc1ccc2cc3cc(C(=O)Nc4ccc(F)c(Cl)c4)oc3nc2c1. The minimum Gasteiger partial charge on any atom is -0.433 e. The van der Waals surface area contributed by atoms with E-state index in [1.165, 1.54) is 18.2 Å². The van der Waals surface area contributed by atoms with Crippen LogP contribution in [-0.2, 0) is 0 Å². The van der Waals surface area contributed by atoms with Gasteiger partial charge >= 0.3 is 0 Å². The van der Waals surface area contributed by atoms with Crippen molar-refractivity contribution in [1.29, 1.82) is 0 Å². The van der Waals surface area contributed by atoms with Crippen molar-refractivity contribution < 1.29 is 13.6 Å². The number of aryl methyl sites for hydroxylation is 1. The number of nitrogens with zero attached hydrogens (tertiary/aromatic N) is 1. The molecule has 6 heteroatoms. The lowest BCUT2D eigenvalue weighted by molar-refractivity contribution is 0.0998. The lowest BCUT2D eigenvalue weighted by Gasteiger charge is -2.03. The molecule has 1 N–H and O–H groups in total. The molecule has 0 radical (unpaired) electrons. The van der Waals surface area contributed by atoms with E-state index in [0.29, 0.717) is 11.4 Å². The van der Waals surface area contributed by atoms with Gasteiger partial charge in [0.2, 0.25) is 5.71 Å². The number of carbonyl (C=O) groups is 1. The molecular weight excluding hydrogens is 343 g/mol. The molecule has 0 saturated carbocycles. The van der Waals surface area contributed by atoms with Crippen LogP contribution in [0.1, 0.15) is 16.1 Å². The normalized spacial score (nSPS) is 11.2. The van der Waals surface area contributed by atoms with E-state index in [9.17, 15) is 9.18 Å². The molecule has 0 bridgehead atoms. The minimum atomic E-state index is -0.547. The summed E-state index contributed by atoms with van der Waals surface area (Å²) >= 11 is 5.72. The molecule has 2 heterocycles. The van der Waals surface area contributed by atoms with Crippen LogP contribution < -0.4 is 5.32 Å². The summed E-state index contributed by atoms with van der Waals surface area (Å²) < 4.78 is 18.8. The molecule has 2 aromatic heterocycles. The van der Waals surface area contributed by atoms with Crippen LogP contribution in [0.5, 0.6) is 0 Å². The Bertz CT molecular complexity index is 1140. The second kappa shape index (κ2) is 5.86. The highest BCUT2D eigenvalue weighted by atomic mass is 35.5. The van der Waals surface area contributed by atoms with Crippen molar-refractivity contribution in [2.75, 3.05) is 5.32 Å². The van der Waals surface area contributed by atoms with Crippen LogP contribution in [-0.4, -0.2) is 10.9 Å². The fourth-order valence-corrected chi connectivity index (χ4v) is 2.79. The van der Waals surface area contributed by atoms with E-state index in [4.69, 9.17) is 16.0 Å². The molecule has 0 saturated heterocycles. The molecule has 4 aromatic rings. The Morgan fingerprint density at radius 2 is 1.96 bits per heavy atom. The summed E-state index contributed by atoms with van der Waals surface area (Å²) in [6, 6.07) is 13.4. The van der Waals surface area contributed by atoms with Crippen molar-refractivity contribution in [3.63, 3.8) is 0 Å². The van der Waals surface area contributed by atoms with Gasteiger partial charge in [0.25, 0.3) is 5.91 Å². The molecule has 0 unspecified atom stereocenters. The molecule has 4 nitrogen and oxygen atoms in total. The average molecular weight is 355 g/mol. The molecule has 0 aliphatic rings. The largest absolute Gasteiger partial charge is 0.433 e. The molecular formula is C19H12ClFN2O2. The predicted octanol–water partition coefficient (Wildman–Crippen LogP) is 5.33. The third-order valence-electron chi connectivity index (χ3n) is 3.86. The number of pyridine rings is 1. The van der Waals surface area contributed by atoms with Gasteiger partial charge in [-0.15, -0.1) is 0 Å². The molecule has 4 rings (SSSR count). The minimum absolute atomic E-state index is 0.0642. The maximum atomic E-state index is 13.2. The standard InChI is InChI=1S/C19H12ClFN2O2/c1-10-2-3-11-7-12-8-17(25-19(12)23-16(11)6-10)18(24)22-13-4-5-15(21)14(20)9-13/h2-9H,1H3,(H,22,24). The van der Waals surface area contributed by atoms with E-state index in [2.05, 4.69) is 10.3 Å². The van der Waals surface area contributed by atoms with E-state index >= 15 is 0 Å². The highest BCUT2D eigenvalue weighted by Crippen LogP contribution is 2.25. The molecule has 0 atom stereocenters. The van der Waals surface area contributed by atoms with Crippen LogP contribution >= 0.6 is 11.6 Å². The van der Waals surface area contributed by atoms with Gasteiger partial charge in [-0.25, -0.2) is 9.37 Å². The van der Waals surface area contributed by atoms with Crippen LogP contribution in [0.25, 0.3) is 22.0 Å². The average Bonchev–Trinajstić information content (AvgIpc) is 2.99. The second-order valence-corrected chi connectivity index (χ2v) is 6.18.